The summed E-state index contributed by atoms with van der Waals surface area (Å²) < 4.78 is 0. The summed E-state index contributed by atoms with van der Waals surface area (Å²) in [5.74, 6) is -1.99. The van der Waals surface area contributed by atoms with Gasteiger partial charge < -0.3 is 21.7 Å². The van der Waals surface area contributed by atoms with Gasteiger partial charge in [-0.15, -0.1) is 0 Å². The number of carbonyl (C=O) groups excluding carboxylic acids is 1. The van der Waals surface area contributed by atoms with Crippen LogP contribution in [0.2, 0.25) is 0 Å². The molecule has 3 atom stereocenters. The first kappa shape index (κ1) is 16.8. The second kappa shape index (κ2) is 7.98. The van der Waals surface area contributed by atoms with Crippen LogP contribution < -0.4 is 16.9 Å². The summed E-state index contributed by atoms with van der Waals surface area (Å²) >= 11 is 0. The number of likely N-dealkylation sites (N-methyl/N-ethyl adjacent to an activating group) is 1. The lowest BCUT2D eigenvalue weighted by atomic mass is 9.96. The van der Waals surface area contributed by atoms with E-state index in [1.807, 2.05) is 0 Å². The van der Waals surface area contributed by atoms with Crippen LogP contribution in [0.5, 0.6) is 0 Å². The molecule has 106 valence electrons. The number of carboxylic acids is 1. The van der Waals surface area contributed by atoms with Crippen LogP contribution in [0.25, 0.3) is 0 Å². The van der Waals surface area contributed by atoms with Gasteiger partial charge in [0.15, 0.2) is 0 Å². The molecule has 0 aliphatic heterocycles. The lowest BCUT2D eigenvalue weighted by Gasteiger charge is -2.24. The molecule has 0 bridgehead atoms. The maximum Gasteiger partial charge on any atom is 0.319 e. The smallest absolute Gasteiger partial charge is 0.319 e. The zero-order valence-electron chi connectivity index (χ0n) is 10.7. The number of hydrogen-bond acceptors (Lipinski definition) is 6. The van der Waals surface area contributed by atoms with E-state index < -0.39 is 29.9 Å². The van der Waals surface area contributed by atoms with Gasteiger partial charge in [0, 0.05) is 19.6 Å². The highest BCUT2D eigenvalue weighted by Gasteiger charge is 2.23. The van der Waals surface area contributed by atoms with Gasteiger partial charge >= 0.3 is 5.97 Å². The number of aliphatic hydroxyl groups is 1. The van der Waals surface area contributed by atoms with Gasteiger partial charge in [-0.05, 0) is 6.42 Å². The molecule has 0 spiro atoms. The van der Waals surface area contributed by atoms with E-state index in [0.717, 1.165) is 5.01 Å². The molecule has 0 heterocycles. The number of hydrogen-bond donors (Lipinski definition) is 5. The van der Waals surface area contributed by atoms with E-state index in [-0.39, 0.29) is 19.5 Å². The zero-order valence-corrected chi connectivity index (χ0v) is 10.7. The molecule has 0 radical (unpaired) electrons. The summed E-state index contributed by atoms with van der Waals surface area (Å²) in [6, 6.07) is -0.540. The third-order valence-corrected chi connectivity index (χ3v) is 2.55. The van der Waals surface area contributed by atoms with Gasteiger partial charge in [-0.25, -0.2) is 5.01 Å². The fraction of sp³-hybridized carbons (Fsp3) is 0.800. The van der Waals surface area contributed by atoms with Crippen molar-refractivity contribution < 1.29 is 19.8 Å². The Bertz CT molecular complexity index is 287. The van der Waals surface area contributed by atoms with Crippen molar-refractivity contribution in [3.63, 3.8) is 0 Å². The van der Waals surface area contributed by atoms with Gasteiger partial charge in [-0.3, -0.25) is 15.0 Å². The fourth-order valence-electron chi connectivity index (χ4n) is 1.34. The van der Waals surface area contributed by atoms with Crippen LogP contribution >= 0.6 is 0 Å². The second-order valence-corrected chi connectivity index (χ2v) is 4.30. The molecule has 7 N–H and O–H groups in total. The van der Waals surface area contributed by atoms with Crippen LogP contribution in [0.3, 0.4) is 0 Å². The SMILES string of the molecule is CC(C(=O)NN(C)CC(=O)O)[C@H](N)C[C@@H](O)CN. The van der Waals surface area contributed by atoms with Crippen LogP contribution in [0, 0.1) is 5.92 Å². The van der Waals surface area contributed by atoms with Crippen LogP contribution in [-0.4, -0.2) is 59.4 Å². The molecule has 1 unspecified atom stereocenters. The normalized spacial score (nSPS) is 16.1. The number of carboxylic acid groups (broad SMARTS) is 1. The highest BCUT2D eigenvalue weighted by atomic mass is 16.4. The first-order chi connectivity index (χ1) is 8.27. The van der Waals surface area contributed by atoms with Gasteiger partial charge in [-0.2, -0.15) is 0 Å². The number of carbonyl (C=O) groups is 2. The van der Waals surface area contributed by atoms with E-state index in [1.54, 1.807) is 6.92 Å². The van der Waals surface area contributed by atoms with Crippen molar-refractivity contribution in [2.24, 2.45) is 17.4 Å². The van der Waals surface area contributed by atoms with Gasteiger partial charge in [0.05, 0.1) is 12.0 Å². The number of aliphatic carboxylic acids is 1. The average Bonchev–Trinajstić information content (AvgIpc) is 2.26. The summed E-state index contributed by atoms with van der Waals surface area (Å²) in [7, 11) is 1.44. The van der Waals surface area contributed by atoms with Crippen molar-refractivity contribution in [2.45, 2.75) is 25.5 Å². The van der Waals surface area contributed by atoms with Gasteiger partial charge in [0.25, 0.3) is 0 Å². The van der Waals surface area contributed by atoms with Crippen LogP contribution in [-0.2, 0) is 9.59 Å². The van der Waals surface area contributed by atoms with Crippen molar-refractivity contribution in [1.29, 1.82) is 0 Å². The Morgan fingerprint density at radius 1 is 1.44 bits per heavy atom. The van der Waals surface area contributed by atoms with E-state index in [4.69, 9.17) is 16.6 Å². The van der Waals surface area contributed by atoms with Crippen LogP contribution in [0.4, 0.5) is 0 Å². The van der Waals surface area contributed by atoms with E-state index in [2.05, 4.69) is 5.43 Å². The molecule has 0 aliphatic rings. The third-order valence-electron chi connectivity index (χ3n) is 2.55. The van der Waals surface area contributed by atoms with Crippen molar-refractivity contribution in [3.8, 4) is 0 Å². The molecule has 0 saturated carbocycles. The standard InChI is InChI=1S/C10H22N4O4/c1-6(8(12)3-7(15)4-11)10(18)13-14(2)5-9(16)17/h6-8,15H,3-5,11-12H2,1-2H3,(H,13,18)(H,16,17)/t6?,7-,8-/m1/s1. The molecule has 8 heteroatoms. The first-order valence-electron chi connectivity index (χ1n) is 5.65. The van der Waals surface area contributed by atoms with Gasteiger partial charge in [0.2, 0.25) is 5.91 Å². The Labute approximate surface area is 106 Å². The minimum atomic E-state index is -1.05. The number of nitrogens with zero attached hydrogens (tertiary/aromatic N) is 1. The highest BCUT2D eigenvalue weighted by Crippen LogP contribution is 2.07. The molecule has 0 saturated heterocycles. The second-order valence-electron chi connectivity index (χ2n) is 4.30. The predicted octanol–water partition coefficient (Wildman–Crippen LogP) is -2.29. The van der Waals surface area contributed by atoms with Gasteiger partial charge in [0.1, 0.15) is 6.54 Å². The zero-order chi connectivity index (χ0) is 14.3. The van der Waals surface area contributed by atoms with Crippen LogP contribution in [0.15, 0.2) is 0 Å². The number of rotatable bonds is 8. The summed E-state index contributed by atoms with van der Waals surface area (Å²) in [4.78, 5) is 22.1. The number of hydrazine groups is 1. The predicted molar refractivity (Wildman–Crippen MR) is 65.2 cm³/mol. The number of aliphatic hydroxyl groups excluding tert-OH is 1. The maximum atomic E-state index is 11.7. The van der Waals surface area contributed by atoms with Gasteiger partial charge in [-0.1, -0.05) is 6.92 Å². The molecule has 0 aromatic carbocycles. The van der Waals surface area contributed by atoms with E-state index >= 15 is 0 Å². The van der Waals surface area contributed by atoms with Crippen LogP contribution in [0.1, 0.15) is 13.3 Å². The molecule has 0 aromatic heterocycles. The van der Waals surface area contributed by atoms with E-state index in [0.29, 0.717) is 0 Å². The van der Waals surface area contributed by atoms with Crippen molar-refractivity contribution in [2.75, 3.05) is 20.1 Å². The Hall–Kier alpha value is -1.22. The Morgan fingerprint density at radius 2 is 2.00 bits per heavy atom. The summed E-state index contributed by atoms with van der Waals surface area (Å²) in [5, 5.41) is 19.0. The lowest BCUT2D eigenvalue weighted by Crippen LogP contribution is -2.49. The summed E-state index contributed by atoms with van der Waals surface area (Å²) in [6.45, 7) is 1.39. The summed E-state index contributed by atoms with van der Waals surface area (Å²) in [6.07, 6.45) is -0.528. The number of amides is 1. The Kier molecular flexibility index (Phi) is 7.44. The highest BCUT2D eigenvalue weighted by molar-refractivity contribution is 5.79. The molecule has 0 aromatic rings. The van der Waals surface area contributed by atoms with Crippen molar-refractivity contribution in [1.82, 2.24) is 10.4 Å². The monoisotopic (exact) mass is 262 g/mol. The topological polar surface area (TPSA) is 142 Å². The number of nitrogens with two attached hydrogens (primary N) is 2. The van der Waals surface area contributed by atoms with Crippen molar-refractivity contribution >= 4 is 11.9 Å². The first-order valence-corrected chi connectivity index (χ1v) is 5.65. The minimum absolute atomic E-state index is 0.0843. The number of nitrogens with one attached hydrogen (secondary N) is 1. The molecular weight excluding hydrogens is 240 g/mol. The lowest BCUT2D eigenvalue weighted by molar-refractivity contribution is -0.140. The van der Waals surface area contributed by atoms with E-state index in [1.165, 1.54) is 7.05 Å². The van der Waals surface area contributed by atoms with Crippen molar-refractivity contribution in [3.05, 3.63) is 0 Å². The molecular formula is C10H22N4O4. The quantitative estimate of drug-likeness (QED) is 0.310. The maximum absolute atomic E-state index is 11.7. The minimum Gasteiger partial charge on any atom is -0.480 e. The molecule has 0 aliphatic carbocycles. The fourth-order valence-corrected chi connectivity index (χ4v) is 1.34. The molecule has 8 nitrogen and oxygen atoms in total. The van der Waals surface area contributed by atoms with E-state index in [9.17, 15) is 14.7 Å². The summed E-state index contributed by atoms with van der Waals surface area (Å²) in [5.41, 5.74) is 13.4. The molecule has 0 rings (SSSR count). The molecule has 18 heavy (non-hydrogen) atoms. The largest absolute Gasteiger partial charge is 0.480 e. The Morgan fingerprint density at radius 3 is 2.44 bits per heavy atom. The molecule has 0 fully saturated rings. The molecule has 1 amide bonds. The Balaban J connectivity index is 4.20. The third kappa shape index (κ3) is 6.50. The average molecular weight is 262 g/mol.